The van der Waals surface area contributed by atoms with E-state index in [1.54, 1.807) is 0 Å². The molecule has 1 rings (SSSR count). The van der Waals surface area contributed by atoms with Crippen LogP contribution < -0.4 is 0 Å². The van der Waals surface area contributed by atoms with Crippen molar-refractivity contribution in [3.05, 3.63) is 35.9 Å². The van der Waals surface area contributed by atoms with Gasteiger partial charge >= 0.3 is 0 Å². The van der Waals surface area contributed by atoms with E-state index in [0.717, 1.165) is 18.4 Å². The van der Waals surface area contributed by atoms with Crippen LogP contribution in [0.25, 0.3) is 0 Å². The number of carbonyl (C=O) groups is 1. The van der Waals surface area contributed by atoms with Gasteiger partial charge < -0.3 is 0 Å². The summed E-state index contributed by atoms with van der Waals surface area (Å²) in [5.41, 5.74) is 0.827. The van der Waals surface area contributed by atoms with E-state index in [4.69, 9.17) is 11.6 Å². The number of rotatable bonds is 8. The Labute approximate surface area is 109 Å². The van der Waals surface area contributed by atoms with Crippen molar-refractivity contribution in [2.45, 2.75) is 39.0 Å². The number of halogens is 1. The fourth-order valence-corrected chi connectivity index (χ4v) is 2.41. The van der Waals surface area contributed by atoms with Gasteiger partial charge in [-0.1, -0.05) is 50.1 Å². The van der Waals surface area contributed by atoms with Gasteiger partial charge in [-0.2, -0.15) is 0 Å². The van der Waals surface area contributed by atoms with Gasteiger partial charge in [0.25, 0.3) is 0 Å². The van der Waals surface area contributed by atoms with Crippen LogP contribution in [0.2, 0.25) is 0 Å². The molecule has 1 atom stereocenters. The number of Topliss-reactive ketones (excluding diaryl/α,β-unsaturated/α-hetero) is 1. The van der Waals surface area contributed by atoms with Gasteiger partial charge in [-0.25, -0.2) is 0 Å². The molecule has 1 nitrogen and oxygen atoms in total. The molecule has 0 bridgehead atoms. The minimum absolute atomic E-state index is 0.251. The molecule has 1 unspecified atom stereocenters. The molecule has 0 spiro atoms. The van der Waals surface area contributed by atoms with E-state index < -0.39 is 0 Å². The summed E-state index contributed by atoms with van der Waals surface area (Å²) < 4.78 is 0. The number of alkyl halides is 1. The molecule has 0 aliphatic heterocycles. The topological polar surface area (TPSA) is 17.1 Å². The summed E-state index contributed by atoms with van der Waals surface area (Å²) in [5.74, 6) is 1.55. The standard InChI is InChI=1S/C15H21ClO/c1-2-6-13(11-12-16)9-10-15(17)14-7-4-3-5-8-14/h3-5,7-8,13H,2,6,9-12H2,1H3. The highest BCUT2D eigenvalue weighted by Gasteiger charge is 2.11. The average Bonchev–Trinajstić information content (AvgIpc) is 2.37. The summed E-state index contributed by atoms with van der Waals surface area (Å²) in [7, 11) is 0. The summed E-state index contributed by atoms with van der Waals surface area (Å²) in [6.45, 7) is 2.18. The molecular weight excluding hydrogens is 232 g/mol. The highest BCUT2D eigenvalue weighted by Crippen LogP contribution is 2.19. The zero-order valence-electron chi connectivity index (χ0n) is 10.5. The molecule has 1 aromatic carbocycles. The van der Waals surface area contributed by atoms with Crippen molar-refractivity contribution in [1.29, 1.82) is 0 Å². The molecule has 17 heavy (non-hydrogen) atoms. The second-order valence-corrected chi connectivity index (χ2v) is 4.84. The van der Waals surface area contributed by atoms with E-state index >= 15 is 0 Å². The third-order valence-corrected chi connectivity index (χ3v) is 3.31. The summed E-state index contributed by atoms with van der Waals surface area (Å²) in [5, 5.41) is 0. The van der Waals surface area contributed by atoms with Gasteiger partial charge in [0.15, 0.2) is 5.78 Å². The third kappa shape index (κ3) is 5.36. The van der Waals surface area contributed by atoms with Gasteiger partial charge in [0.05, 0.1) is 0 Å². The number of ketones is 1. The summed E-state index contributed by atoms with van der Waals surface area (Å²) in [4.78, 5) is 11.9. The van der Waals surface area contributed by atoms with Crippen LogP contribution >= 0.6 is 11.6 Å². The van der Waals surface area contributed by atoms with E-state index in [9.17, 15) is 4.79 Å². The predicted molar refractivity (Wildman–Crippen MR) is 73.7 cm³/mol. The first-order valence-electron chi connectivity index (χ1n) is 6.42. The van der Waals surface area contributed by atoms with Gasteiger partial charge in [-0.3, -0.25) is 4.79 Å². The molecule has 0 amide bonds. The van der Waals surface area contributed by atoms with Crippen molar-refractivity contribution >= 4 is 17.4 Å². The SMILES string of the molecule is CCCC(CCCl)CCC(=O)c1ccccc1. The molecule has 2 heteroatoms. The lowest BCUT2D eigenvalue weighted by molar-refractivity contribution is 0.0972. The van der Waals surface area contributed by atoms with E-state index in [0.29, 0.717) is 18.2 Å². The number of carbonyl (C=O) groups excluding carboxylic acids is 1. The Morgan fingerprint density at radius 2 is 1.88 bits per heavy atom. The lowest BCUT2D eigenvalue weighted by Crippen LogP contribution is -2.06. The van der Waals surface area contributed by atoms with E-state index in [-0.39, 0.29) is 5.78 Å². The predicted octanol–water partition coefficient (Wildman–Crippen LogP) is 4.69. The maximum atomic E-state index is 11.9. The van der Waals surface area contributed by atoms with Crippen LogP contribution in [0.4, 0.5) is 0 Å². The molecule has 0 aliphatic rings. The Morgan fingerprint density at radius 1 is 1.18 bits per heavy atom. The molecule has 0 fully saturated rings. The highest BCUT2D eigenvalue weighted by molar-refractivity contribution is 6.17. The van der Waals surface area contributed by atoms with Crippen molar-refractivity contribution in [2.24, 2.45) is 5.92 Å². The van der Waals surface area contributed by atoms with Crippen LogP contribution in [0, 0.1) is 5.92 Å². The summed E-state index contributed by atoms with van der Waals surface area (Å²) >= 11 is 5.78. The molecule has 0 radical (unpaired) electrons. The largest absolute Gasteiger partial charge is 0.294 e. The zero-order valence-corrected chi connectivity index (χ0v) is 11.2. The van der Waals surface area contributed by atoms with Gasteiger partial charge in [0, 0.05) is 17.9 Å². The maximum absolute atomic E-state index is 11.9. The Balaban J connectivity index is 2.41. The van der Waals surface area contributed by atoms with E-state index in [1.165, 1.54) is 12.8 Å². The molecule has 1 aromatic rings. The molecule has 94 valence electrons. The Morgan fingerprint density at radius 3 is 2.47 bits per heavy atom. The van der Waals surface area contributed by atoms with E-state index in [2.05, 4.69) is 6.92 Å². The summed E-state index contributed by atoms with van der Waals surface area (Å²) in [6.07, 6.45) is 4.98. The first kappa shape index (κ1) is 14.2. The lowest BCUT2D eigenvalue weighted by atomic mass is 9.93. The minimum atomic E-state index is 0.251. The Bertz CT molecular complexity index is 315. The fraction of sp³-hybridized carbons (Fsp3) is 0.533. The first-order chi connectivity index (χ1) is 8.27. The molecule has 0 saturated heterocycles. The second-order valence-electron chi connectivity index (χ2n) is 4.46. The molecule has 0 saturated carbocycles. The van der Waals surface area contributed by atoms with Crippen LogP contribution in [0.15, 0.2) is 30.3 Å². The molecule has 0 aromatic heterocycles. The quantitative estimate of drug-likeness (QED) is 0.484. The van der Waals surface area contributed by atoms with Crippen molar-refractivity contribution in [1.82, 2.24) is 0 Å². The minimum Gasteiger partial charge on any atom is -0.294 e. The van der Waals surface area contributed by atoms with Gasteiger partial charge in [-0.15, -0.1) is 11.6 Å². The highest BCUT2D eigenvalue weighted by atomic mass is 35.5. The average molecular weight is 253 g/mol. The third-order valence-electron chi connectivity index (χ3n) is 3.09. The van der Waals surface area contributed by atoms with Crippen molar-refractivity contribution in [2.75, 3.05) is 5.88 Å². The van der Waals surface area contributed by atoms with Crippen LogP contribution in [0.3, 0.4) is 0 Å². The zero-order chi connectivity index (χ0) is 12.5. The number of benzene rings is 1. The molecule has 0 heterocycles. The molecule has 0 aliphatic carbocycles. The summed E-state index contributed by atoms with van der Waals surface area (Å²) in [6, 6.07) is 9.53. The van der Waals surface area contributed by atoms with Crippen LogP contribution in [-0.2, 0) is 0 Å². The molecule has 0 N–H and O–H groups in total. The van der Waals surface area contributed by atoms with Crippen LogP contribution in [0.5, 0.6) is 0 Å². The van der Waals surface area contributed by atoms with Crippen molar-refractivity contribution in [3.8, 4) is 0 Å². The Kier molecular flexibility index (Phi) is 6.95. The normalized spacial score (nSPS) is 12.4. The lowest BCUT2D eigenvalue weighted by Gasteiger charge is -2.13. The molecular formula is C15H21ClO. The first-order valence-corrected chi connectivity index (χ1v) is 6.95. The van der Waals surface area contributed by atoms with Crippen LogP contribution in [0.1, 0.15) is 49.4 Å². The van der Waals surface area contributed by atoms with E-state index in [1.807, 2.05) is 30.3 Å². The number of hydrogen-bond acceptors (Lipinski definition) is 1. The van der Waals surface area contributed by atoms with Crippen LogP contribution in [-0.4, -0.2) is 11.7 Å². The second kappa shape index (κ2) is 8.30. The fourth-order valence-electron chi connectivity index (χ4n) is 2.10. The Hall–Kier alpha value is -0.820. The smallest absolute Gasteiger partial charge is 0.162 e. The maximum Gasteiger partial charge on any atom is 0.162 e. The van der Waals surface area contributed by atoms with Gasteiger partial charge in [0.1, 0.15) is 0 Å². The van der Waals surface area contributed by atoms with Crippen molar-refractivity contribution in [3.63, 3.8) is 0 Å². The van der Waals surface area contributed by atoms with Gasteiger partial charge in [-0.05, 0) is 18.8 Å². The number of hydrogen-bond donors (Lipinski definition) is 0. The monoisotopic (exact) mass is 252 g/mol. The van der Waals surface area contributed by atoms with Crippen molar-refractivity contribution < 1.29 is 4.79 Å². The van der Waals surface area contributed by atoms with Gasteiger partial charge in [0.2, 0.25) is 0 Å².